The van der Waals surface area contributed by atoms with Gasteiger partial charge in [0.15, 0.2) is 5.15 Å². The van der Waals surface area contributed by atoms with Crippen LogP contribution < -0.4 is 10.5 Å². The fourth-order valence-corrected chi connectivity index (χ4v) is 3.37. The van der Waals surface area contributed by atoms with E-state index < -0.39 is 0 Å². The van der Waals surface area contributed by atoms with Crippen molar-refractivity contribution in [3.8, 4) is 0 Å². The van der Waals surface area contributed by atoms with Gasteiger partial charge in [-0.25, -0.2) is 4.68 Å². The number of aromatic nitrogens is 2. The number of carbonyl (C=O) groups excluding carboxylic acids is 1. The number of benzene rings is 2. The Balaban J connectivity index is 1.69. The number of hydrogen-bond donors (Lipinski definition) is 0. The predicted octanol–water partition coefficient (Wildman–Crippen LogP) is 2.64. The Morgan fingerprint density at radius 3 is 2.62 bits per heavy atom. The molecule has 0 radical (unpaired) electrons. The zero-order chi connectivity index (χ0) is 16.7. The monoisotopic (exact) mass is 339 g/mol. The molecule has 2 heterocycles. The second-order valence-electron chi connectivity index (χ2n) is 5.72. The third-order valence-electron chi connectivity index (χ3n) is 4.30. The summed E-state index contributed by atoms with van der Waals surface area (Å²) in [6, 6.07) is 14.8. The van der Waals surface area contributed by atoms with Crippen LogP contribution in [0.5, 0.6) is 0 Å². The Labute approximate surface area is 143 Å². The summed E-state index contributed by atoms with van der Waals surface area (Å²) in [5, 5.41) is 5.37. The first kappa shape index (κ1) is 14.9. The van der Waals surface area contributed by atoms with E-state index in [9.17, 15) is 9.59 Å². The Kier molecular flexibility index (Phi) is 3.58. The van der Waals surface area contributed by atoms with Gasteiger partial charge in [0.05, 0.1) is 5.39 Å². The van der Waals surface area contributed by atoms with E-state index in [1.54, 1.807) is 29.2 Å². The number of rotatable bonds is 2. The van der Waals surface area contributed by atoms with E-state index in [-0.39, 0.29) is 23.2 Å². The summed E-state index contributed by atoms with van der Waals surface area (Å²) in [6.45, 7) is 0.492. The minimum absolute atomic E-state index is 0.127. The fraction of sp³-hybridized carbons (Fsp3) is 0.167. The quantitative estimate of drug-likeness (QED) is 0.721. The Bertz CT molecular complexity index is 1010. The molecular weight excluding hydrogens is 326 g/mol. The minimum atomic E-state index is -0.309. The molecule has 0 N–H and O–H groups in total. The average Bonchev–Trinajstić information content (AvgIpc) is 3.03. The van der Waals surface area contributed by atoms with Gasteiger partial charge < -0.3 is 4.90 Å². The number of hydrogen-bond acceptors (Lipinski definition) is 3. The van der Waals surface area contributed by atoms with Crippen LogP contribution in [-0.2, 0) is 17.8 Å². The molecule has 1 aliphatic rings. The van der Waals surface area contributed by atoms with Crippen LogP contribution in [-0.4, -0.2) is 22.2 Å². The molecule has 5 nitrogen and oxygen atoms in total. The largest absolute Gasteiger partial charge is 0.310 e. The normalized spacial score (nSPS) is 13.3. The number of anilines is 1. The van der Waals surface area contributed by atoms with E-state index >= 15 is 0 Å². The van der Waals surface area contributed by atoms with Crippen molar-refractivity contribution in [1.29, 1.82) is 0 Å². The minimum Gasteiger partial charge on any atom is -0.310 e. The first-order valence-corrected chi connectivity index (χ1v) is 8.06. The molecule has 0 bridgehead atoms. The summed E-state index contributed by atoms with van der Waals surface area (Å²) in [5.74, 6) is -0.166. The van der Waals surface area contributed by atoms with Crippen LogP contribution in [0, 0.1) is 0 Å². The number of carbonyl (C=O) groups is 1. The zero-order valence-corrected chi connectivity index (χ0v) is 13.5. The molecule has 0 spiro atoms. The average molecular weight is 340 g/mol. The van der Waals surface area contributed by atoms with Crippen molar-refractivity contribution in [3.63, 3.8) is 0 Å². The van der Waals surface area contributed by atoms with Crippen molar-refractivity contribution in [2.75, 3.05) is 11.4 Å². The molecule has 0 saturated heterocycles. The summed E-state index contributed by atoms with van der Waals surface area (Å²) in [4.78, 5) is 26.9. The predicted molar refractivity (Wildman–Crippen MR) is 93.5 cm³/mol. The second kappa shape index (κ2) is 5.76. The fourth-order valence-electron chi connectivity index (χ4n) is 3.11. The second-order valence-corrected chi connectivity index (χ2v) is 6.08. The first-order valence-electron chi connectivity index (χ1n) is 7.69. The Hall–Kier alpha value is -2.66. The number of halogens is 1. The molecular formula is C18H14ClN3O2. The molecule has 4 rings (SSSR count). The number of para-hydroxylation sites is 1. The summed E-state index contributed by atoms with van der Waals surface area (Å²) in [7, 11) is 0. The molecule has 2 aromatic carbocycles. The molecule has 0 unspecified atom stereocenters. The van der Waals surface area contributed by atoms with Crippen molar-refractivity contribution >= 4 is 34.0 Å². The maximum absolute atomic E-state index is 12.7. The van der Waals surface area contributed by atoms with E-state index in [4.69, 9.17) is 11.6 Å². The molecule has 1 amide bonds. The molecule has 6 heteroatoms. The van der Waals surface area contributed by atoms with Gasteiger partial charge in [-0.05, 0) is 24.1 Å². The Morgan fingerprint density at radius 1 is 1.08 bits per heavy atom. The van der Waals surface area contributed by atoms with Crippen LogP contribution in [0.4, 0.5) is 5.69 Å². The lowest BCUT2D eigenvalue weighted by atomic mass is 10.2. The van der Waals surface area contributed by atoms with Crippen LogP contribution in [0.15, 0.2) is 53.3 Å². The highest BCUT2D eigenvalue weighted by Crippen LogP contribution is 2.27. The van der Waals surface area contributed by atoms with Crippen LogP contribution in [0.2, 0.25) is 5.15 Å². The molecule has 24 heavy (non-hydrogen) atoms. The standard InChI is InChI=1S/C18H14ClN3O2/c19-17-13-6-2-3-7-14(13)18(24)22(20-17)11-16(23)21-10-9-12-5-1-4-8-15(12)21/h1-8H,9-11H2. The molecule has 0 fully saturated rings. The maximum atomic E-state index is 12.7. The topological polar surface area (TPSA) is 55.2 Å². The molecule has 120 valence electrons. The van der Waals surface area contributed by atoms with Gasteiger partial charge >= 0.3 is 0 Å². The molecule has 0 atom stereocenters. The molecule has 0 aliphatic carbocycles. The van der Waals surface area contributed by atoms with Gasteiger partial charge in [-0.15, -0.1) is 0 Å². The molecule has 1 aliphatic heterocycles. The number of amides is 1. The van der Waals surface area contributed by atoms with Gasteiger partial charge in [0.25, 0.3) is 5.56 Å². The van der Waals surface area contributed by atoms with Gasteiger partial charge in [0, 0.05) is 17.6 Å². The van der Waals surface area contributed by atoms with Gasteiger partial charge in [-0.1, -0.05) is 48.0 Å². The maximum Gasteiger partial charge on any atom is 0.275 e. The van der Waals surface area contributed by atoms with E-state index in [1.165, 1.54) is 0 Å². The smallest absolute Gasteiger partial charge is 0.275 e. The number of nitrogens with zero attached hydrogens (tertiary/aromatic N) is 3. The highest BCUT2D eigenvalue weighted by atomic mass is 35.5. The Morgan fingerprint density at radius 2 is 1.79 bits per heavy atom. The van der Waals surface area contributed by atoms with Gasteiger partial charge in [0.2, 0.25) is 5.91 Å². The third kappa shape index (κ3) is 2.37. The molecule has 1 aromatic heterocycles. The van der Waals surface area contributed by atoms with Crippen LogP contribution in [0.1, 0.15) is 5.56 Å². The van der Waals surface area contributed by atoms with Crippen molar-refractivity contribution in [3.05, 3.63) is 69.6 Å². The summed E-state index contributed by atoms with van der Waals surface area (Å²) in [6.07, 6.45) is 0.822. The summed E-state index contributed by atoms with van der Waals surface area (Å²) < 4.78 is 1.15. The van der Waals surface area contributed by atoms with Gasteiger partial charge in [0.1, 0.15) is 6.54 Å². The highest BCUT2D eigenvalue weighted by molar-refractivity contribution is 6.34. The lowest BCUT2D eigenvalue weighted by Gasteiger charge is -2.17. The van der Waals surface area contributed by atoms with Crippen molar-refractivity contribution in [2.24, 2.45) is 0 Å². The van der Waals surface area contributed by atoms with Crippen molar-refractivity contribution < 1.29 is 4.79 Å². The SMILES string of the molecule is O=C(Cn1nc(Cl)c2ccccc2c1=O)N1CCc2ccccc21. The van der Waals surface area contributed by atoms with Crippen LogP contribution >= 0.6 is 11.6 Å². The van der Waals surface area contributed by atoms with Crippen LogP contribution in [0.3, 0.4) is 0 Å². The van der Waals surface area contributed by atoms with Crippen LogP contribution in [0.25, 0.3) is 10.8 Å². The third-order valence-corrected chi connectivity index (χ3v) is 4.58. The van der Waals surface area contributed by atoms with Gasteiger partial charge in [-0.2, -0.15) is 5.10 Å². The van der Waals surface area contributed by atoms with Crippen molar-refractivity contribution in [1.82, 2.24) is 9.78 Å². The summed E-state index contributed by atoms with van der Waals surface area (Å²) in [5.41, 5.74) is 1.74. The zero-order valence-electron chi connectivity index (χ0n) is 12.8. The van der Waals surface area contributed by atoms with E-state index in [0.29, 0.717) is 17.3 Å². The van der Waals surface area contributed by atoms with Gasteiger partial charge in [-0.3, -0.25) is 9.59 Å². The first-order chi connectivity index (χ1) is 11.6. The summed E-state index contributed by atoms with van der Waals surface area (Å²) >= 11 is 6.16. The molecule has 3 aromatic rings. The van der Waals surface area contributed by atoms with E-state index in [1.807, 2.05) is 24.3 Å². The molecule has 0 saturated carbocycles. The van der Waals surface area contributed by atoms with Crippen molar-refractivity contribution in [2.45, 2.75) is 13.0 Å². The lowest BCUT2D eigenvalue weighted by Crippen LogP contribution is -2.36. The number of fused-ring (bicyclic) bond motifs is 2. The lowest BCUT2D eigenvalue weighted by molar-refractivity contribution is -0.119. The van der Waals surface area contributed by atoms with E-state index in [2.05, 4.69) is 5.10 Å². The van der Waals surface area contributed by atoms with E-state index in [0.717, 1.165) is 22.4 Å². The highest BCUT2D eigenvalue weighted by Gasteiger charge is 2.25.